The number of carboxylic acids is 1. The molecule has 0 bridgehead atoms. The summed E-state index contributed by atoms with van der Waals surface area (Å²) in [6.07, 6.45) is 10.7. The number of allylic oxidation sites excluding steroid dienone is 5. The van der Waals surface area contributed by atoms with E-state index in [9.17, 15) is 4.79 Å². The second kappa shape index (κ2) is 3.21. The van der Waals surface area contributed by atoms with Gasteiger partial charge in [-0.1, -0.05) is 29.9 Å². The van der Waals surface area contributed by atoms with Crippen LogP contribution in [0.1, 0.15) is 19.3 Å². The van der Waals surface area contributed by atoms with Crippen LogP contribution in [0.2, 0.25) is 0 Å². The van der Waals surface area contributed by atoms with E-state index < -0.39 is 5.97 Å². The molecule has 1 unspecified atom stereocenters. The summed E-state index contributed by atoms with van der Waals surface area (Å²) in [5, 5.41) is 8.82. The van der Waals surface area contributed by atoms with Crippen LogP contribution in [0.3, 0.4) is 0 Å². The minimum absolute atomic E-state index is 0.352. The lowest BCUT2D eigenvalue weighted by Gasteiger charge is -2.23. The third-order valence-electron chi connectivity index (χ3n) is 2.67. The van der Waals surface area contributed by atoms with Crippen LogP contribution < -0.4 is 0 Å². The second-order valence-corrected chi connectivity index (χ2v) is 3.51. The SMILES string of the molecule is O=C(O)C1=CC2CC=CC=C2CC1. The van der Waals surface area contributed by atoms with Gasteiger partial charge in [0, 0.05) is 11.5 Å². The fourth-order valence-electron chi connectivity index (χ4n) is 1.92. The molecule has 2 nitrogen and oxygen atoms in total. The van der Waals surface area contributed by atoms with Gasteiger partial charge in [-0.05, 0) is 19.3 Å². The fourth-order valence-corrected chi connectivity index (χ4v) is 1.92. The first-order valence-electron chi connectivity index (χ1n) is 4.57. The number of hydrogen-bond acceptors (Lipinski definition) is 1. The summed E-state index contributed by atoms with van der Waals surface area (Å²) in [6.45, 7) is 0. The minimum Gasteiger partial charge on any atom is -0.478 e. The summed E-state index contributed by atoms with van der Waals surface area (Å²) in [4.78, 5) is 10.7. The molecule has 0 aliphatic heterocycles. The molecule has 68 valence electrons. The van der Waals surface area contributed by atoms with Gasteiger partial charge in [-0.2, -0.15) is 0 Å². The van der Waals surface area contributed by atoms with E-state index >= 15 is 0 Å². The van der Waals surface area contributed by atoms with Crippen molar-refractivity contribution in [3.8, 4) is 0 Å². The van der Waals surface area contributed by atoms with Gasteiger partial charge >= 0.3 is 5.97 Å². The van der Waals surface area contributed by atoms with Gasteiger partial charge in [0.15, 0.2) is 0 Å². The minimum atomic E-state index is -0.756. The highest BCUT2D eigenvalue weighted by Crippen LogP contribution is 2.32. The number of aliphatic carboxylic acids is 1. The Morgan fingerprint density at radius 1 is 1.46 bits per heavy atom. The first-order valence-corrected chi connectivity index (χ1v) is 4.57. The van der Waals surface area contributed by atoms with E-state index in [2.05, 4.69) is 18.2 Å². The standard InChI is InChI=1S/C11H12O2/c12-11(13)10-6-5-8-3-1-2-4-9(8)7-10/h1-3,7,9H,4-6H2,(H,12,13). The first kappa shape index (κ1) is 8.30. The van der Waals surface area contributed by atoms with E-state index in [-0.39, 0.29) is 0 Å². The first-order chi connectivity index (χ1) is 6.27. The van der Waals surface area contributed by atoms with E-state index in [1.807, 2.05) is 6.08 Å². The molecule has 2 heteroatoms. The molecule has 0 aromatic rings. The molecule has 0 aromatic heterocycles. The molecule has 0 spiro atoms. The smallest absolute Gasteiger partial charge is 0.331 e. The summed E-state index contributed by atoms with van der Waals surface area (Å²) in [5.41, 5.74) is 1.96. The van der Waals surface area contributed by atoms with Crippen molar-refractivity contribution in [3.05, 3.63) is 35.5 Å². The van der Waals surface area contributed by atoms with Crippen LogP contribution in [0.4, 0.5) is 0 Å². The monoisotopic (exact) mass is 176 g/mol. The number of carbonyl (C=O) groups is 1. The predicted octanol–water partition coefficient (Wildman–Crippen LogP) is 2.29. The van der Waals surface area contributed by atoms with E-state index in [0.717, 1.165) is 12.8 Å². The number of rotatable bonds is 1. The molecule has 0 radical (unpaired) electrons. The molecule has 0 amide bonds. The van der Waals surface area contributed by atoms with Crippen LogP contribution in [0.25, 0.3) is 0 Å². The summed E-state index contributed by atoms with van der Waals surface area (Å²) in [5.74, 6) is -0.404. The topological polar surface area (TPSA) is 37.3 Å². The van der Waals surface area contributed by atoms with E-state index in [0.29, 0.717) is 17.9 Å². The Morgan fingerprint density at radius 3 is 3.08 bits per heavy atom. The molecule has 0 aromatic carbocycles. The van der Waals surface area contributed by atoms with Gasteiger partial charge < -0.3 is 5.11 Å². The van der Waals surface area contributed by atoms with Crippen molar-refractivity contribution in [3.63, 3.8) is 0 Å². The molecule has 0 saturated carbocycles. The van der Waals surface area contributed by atoms with Crippen LogP contribution in [-0.4, -0.2) is 11.1 Å². The molecule has 2 aliphatic rings. The molecule has 1 N–H and O–H groups in total. The lowest BCUT2D eigenvalue weighted by atomic mass is 9.81. The van der Waals surface area contributed by atoms with Crippen LogP contribution in [0.5, 0.6) is 0 Å². The van der Waals surface area contributed by atoms with Gasteiger partial charge in [-0.15, -0.1) is 0 Å². The predicted molar refractivity (Wildman–Crippen MR) is 50.3 cm³/mol. The summed E-state index contributed by atoms with van der Waals surface area (Å²) in [7, 11) is 0. The zero-order valence-corrected chi connectivity index (χ0v) is 7.36. The third-order valence-corrected chi connectivity index (χ3v) is 2.67. The maximum atomic E-state index is 10.7. The van der Waals surface area contributed by atoms with E-state index in [4.69, 9.17) is 5.11 Å². The molecule has 13 heavy (non-hydrogen) atoms. The van der Waals surface area contributed by atoms with Gasteiger partial charge in [0.2, 0.25) is 0 Å². The van der Waals surface area contributed by atoms with Gasteiger partial charge in [0.05, 0.1) is 0 Å². The van der Waals surface area contributed by atoms with Crippen LogP contribution in [0.15, 0.2) is 35.5 Å². The molecule has 2 aliphatic carbocycles. The van der Waals surface area contributed by atoms with Crippen LogP contribution >= 0.6 is 0 Å². The Morgan fingerprint density at radius 2 is 2.31 bits per heavy atom. The van der Waals surface area contributed by atoms with Crippen molar-refractivity contribution in [2.75, 3.05) is 0 Å². The van der Waals surface area contributed by atoms with Crippen molar-refractivity contribution >= 4 is 5.97 Å². The van der Waals surface area contributed by atoms with Crippen LogP contribution in [0, 0.1) is 5.92 Å². The highest BCUT2D eigenvalue weighted by molar-refractivity contribution is 5.87. The van der Waals surface area contributed by atoms with Gasteiger partial charge in [0.25, 0.3) is 0 Å². The summed E-state index contributed by atoms with van der Waals surface area (Å²) in [6, 6.07) is 0. The van der Waals surface area contributed by atoms with Gasteiger partial charge in [-0.25, -0.2) is 4.79 Å². The maximum absolute atomic E-state index is 10.7. The Hall–Kier alpha value is -1.31. The van der Waals surface area contributed by atoms with Crippen molar-refractivity contribution in [1.29, 1.82) is 0 Å². The van der Waals surface area contributed by atoms with Crippen molar-refractivity contribution < 1.29 is 9.90 Å². The molecule has 0 heterocycles. The third kappa shape index (κ3) is 1.57. The zero-order chi connectivity index (χ0) is 9.26. The van der Waals surface area contributed by atoms with E-state index in [1.54, 1.807) is 0 Å². The maximum Gasteiger partial charge on any atom is 0.331 e. The number of carboxylic acid groups (broad SMARTS) is 1. The van der Waals surface area contributed by atoms with Crippen molar-refractivity contribution in [2.24, 2.45) is 5.92 Å². The fraction of sp³-hybridized carbons (Fsp3) is 0.364. The van der Waals surface area contributed by atoms with Gasteiger partial charge in [-0.3, -0.25) is 0 Å². The number of fused-ring (bicyclic) bond motifs is 1. The molecule has 0 fully saturated rings. The molecule has 0 saturated heterocycles. The quantitative estimate of drug-likeness (QED) is 0.665. The Labute approximate surface area is 77.3 Å². The highest BCUT2D eigenvalue weighted by Gasteiger charge is 2.21. The van der Waals surface area contributed by atoms with E-state index in [1.165, 1.54) is 5.57 Å². The molecule has 2 rings (SSSR count). The van der Waals surface area contributed by atoms with Gasteiger partial charge in [0.1, 0.15) is 0 Å². The Balaban J connectivity index is 2.24. The largest absolute Gasteiger partial charge is 0.478 e. The number of hydrogen-bond donors (Lipinski definition) is 1. The average molecular weight is 176 g/mol. The highest BCUT2D eigenvalue weighted by atomic mass is 16.4. The molecule has 1 atom stereocenters. The zero-order valence-electron chi connectivity index (χ0n) is 7.36. The summed E-state index contributed by atoms with van der Waals surface area (Å²) < 4.78 is 0. The average Bonchev–Trinajstić information content (AvgIpc) is 2.17. The Bertz CT molecular complexity index is 321. The lowest BCUT2D eigenvalue weighted by molar-refractivity contribution is -0.132. The van der Waals surface area contributed by atoms with Crippen molar-refractivity contribution in [1.82, 2.24) is 0 Å². The molecular formula is C11H12O2. The lowest BCUT2D eigenvalue weighted by Crippen LogP contribution is -2.13. The normalized spacial score (nSPS) is 26.0. The van der Waals surface area contributed by atoms with Crippen LogP contribution in [-0.2, 0) is 4.79 Å². The molecular weight excluding hydrogens is 164 g/mol. The summed E-state index contributed by atoms with van der Waals surface area (Å²) >= 11 is 0. The Kier molecular flexibility index (Phi) is 2.05. The second-order valence-electron chi connectivity index (χ2n) is 3.51. The van der Waals surface area contributed by atoms with Crippen molar-refractivity contribution in [2.45, 2.75) is 19.3 Å².